The summed E-state index contributed by atoms with van der Waals surface area (Å²) in [4.78, 5) is 11.9. The number of pyridine rings is 1. The van der Waals surface area contributed by atoms with Gasteiger partial charge >= 0.3 is 0 Å². The van der Waals surface area contributed by atoms with Crippen molar-refractivity contribution >= 4 is 55.8 Å². The predicted octanol–water partition coefficient (Wildman–Crippen LogP) is 5.15. The number of thiophene rings is 1. The number of fused-ring (bicyclic) bond motifs is 2. The van der Waals surface area contributed by atoms with Crippen molar-refractivity contribution in [2.45, 2.75) is 0 Å². The highest BCUT2D eigenvalue weighted by molar-refractivity contribution is 7.17. The first-order valence-corrected chi connectivity index (χ1v) is 7.54. The molecule has 6 heteroatoms. The number of benzene rings is 1. The monoisotopic (exact) mass is 319 g/mol. The van der Waals surface area contributed by atoms with E-state index >= 15 is 0 Å². The molecule has 0 unspecified atom stereocenters. The number of halogens is 2. The fourth-order valence-corrected chi connectivity index (χ4v) is 3.42. The summed E-state index contributed by atoms with van der Waals surface area (Å²) in [7, 11) is 0. The van der Waals surface area contributed by atoms with Crippen LogP contribution in [0.3, 0.4) is 0 Å². The van der Waals surface area contributed by atoms with Gasteiger partial charge in [-0.15, -0.1) is 11.3 Å². The fraction of sp³-hybridized carbons (Fsp3) is 0. The van der Waals surface area contributed by atoms with Gasteiger partial charge in [0.05, 0.1) is 10.5 Å². The van der Waals surface area contributed by atoms with Crippen LogP contribution in [-0.4, -0.2) is 15.0 Å². The molecule has 0 fully saturated rings. The standard InChI is InChI=1S/C14H7Cl2N3S/c15-9-5-10-14(18-12(9)16)19-13(17-10)8-6-20-11-4-2-1-3-7(8)11/h1-6H,(H,17,18,19). The number of nitrogens with one attached hydrogen (secondary N) is 1. The van der Waals surface area contributed by atoms with Crippen molar-refractivity contribution < 1.29 is 0 Å². The molecule has 4 aromatic rings. The maximum atomic E-state index is 5.98. The molecule has 98 valence electrons. The van der Waals surface area contributed by atoms with Gasteiger partial charge in [0.25, 0.3) is 0 Å². The molecule has 0 aliphatic carbocycles. The van der Waals surface area contributed by atoms with Crippen molar-refractivity contribution in [2.24, 2.45) is 0 Å². The zero-order valence-corrected chi connectivity index (χ0v) is 12.4. The van der Waals surface area contributed by atoms with Crippen LogP contribution >= 0.6 is 34.5 Å². The van der Waals surface area contributed by atoms with Gasteiger partial charge in [-0.05, 0) is 12.1 Å². The molecule has 4 rings (SSSR count). The van der Waals surface area contributed by atoms with Gasteiger partial charge in [-0.25, -0.2) is 9.97 Å². The van der Waals surface area contributed by atoms with E-state index in [4.69, 9.17) is 23.2 Å². The van der Waals surface area contributed by atoms with Gasteiger partial charge in [0.1, 0.15) is 11.0 Å². The summed E-state index contributed by atoms with van der Waals surface area (Å²) >= 11 is 13.6. The van der Waals surface area contributed by atoms with E-state index in [0.717, 1.165) is 16.9 Å². The summed E-state index contributed by atoms with van der Waals surface area (Å²) in [5.41, 5.74) is 2.42. The predicted molar refractivity (Wildman–Crippen MR) is 84.7 cm³/mol. The van der Waals surface area contributed by atoms with Crippen molar-refractivity contribution in [3.05, 3.63) is 45.9 Å². The highest BCUT2D eigenvalue weighted by Gasteiger charge is 2.12. The zero-order valence-electron chi connectivity index (χ0n) is 10.0. The Kier molecular flexibility index (Phi) is 2.70. The van der Waals surface area contributed by atoms with Gasteiger partial charge in [0.2, 0.25) is 0 Å². The topological polar surface area (TPSA) is 41.6 Å². The van der Waals surface area contributed by atoms with Crippen molar-refractivity contribution in [1.82, 2.24) is 15.0 Å². The van der Waals surface area contributed by atoms with Gasteiger partial charge < -0.3 is 4.98 Å². The van der Waals surface area contributed by atoms with E-state index in [-0.39, 0.29) is 5.15 Å². The Bertz CT molecular complexity index is 903. The van der Waals surface area contributed by atoms with Crippen LogP contribution in [0, 0.1) is 0 Å². The van der Waals surface area contributed by atoms with Gasteiger partial charge in [-0.3, -0.25) is 0 Å². The lowest BCUT2D eigenvalue weighted by Crippen LogP contribution is -1.79. The first kappa shape index (κ1) is 12.1. The molecule has 0 amide bonds. The summed E-state index contributed by atoms with van der Waals surface area (Å²) in [6.45, 7) is 0. The van der Waals surface area contributed by atoms with Crippen LogP contribution in [-0.2, 0) is 0 Å². The average molecular weight is 320 g/mol. The SMILES string of the molecule is Clc1cc2[nH]c(-c3csc4ccccc34)nc2nc1Cl. The molecule has 1 N–H and O–H groups in total. The van der Waals surface area contributed by atoms with E-state index in [1.54, 1.807) is 17.4 Å². The lowest BCUT2D eigenvalue weighted by Gasteiger charge is -1.93. The van der Waals surface area contributed by atoms with Crippen molar-refractivity contribution in [2.75, 3.05) is 0 Å². The van der Waals surface area contributed by atoms with Crippen LogP contribution in [0.1, 0.15) is 0 Å². The molecule has 0 spiro atoms. The minimum Gasteiger partial charge on any atom is -0.336 e. The first-order chi connectivity index (χ1) is 9.72. The molecule has 0 atom stereocenters. The molecule has 20 heavy (non-hydrogen) atoms. The van der Waals surface area contributed by atoms with E-state index in [1.807, 2.05) is 12.1 Å². The number of imidazole rings is 1. The van der Waals surface area contributed by atoms with Gasteiger partial charge in [-0.2, -0.15) is 0 Å². The lowest BCUT2D eigenvalue weighted by molar-refractivity contribution is 1.31. The number of aromatic amines is 1. The van der Waals surface area contributed by atoms with E-state index in [0.29, 0.717) is 10.7 Å². The van der Waals surface area contributed by atoms with Crippen LogP contribution < -0.4 is 0 Å². The summed E-state index contributed by atoms with van der Waals surface area (Å²) in [6.07, 6.45) is 0. The van der Waals surface area contributed by atoms with Crippen LogP contribution in [0.4, 0.5) is 0 Å². The second-order valence-corrected chi connectivity index (χ2v) is 6.04. The zero-order chi connectivity index (χ0) is 13.7. The minimum absolute atomic E-state index is 0.271. The molecule has 3 heterocycles. The van der Waals surface area contributed by atoms with Gasteiger partial charge in [0.15, 0.2) is 5.65 Å². The number of hydrogen-bond acceptors (Lipinski definition) is 3. The van der Waals surface area contributed by atoms with E-state index in [9.17, 15) is 0 Å². The second kappa shape index (κ2) is 4.45. The first-order valence-electron chi connectivity index (χ1n) is 5.91. The third-order valence-corrected chi connectivity index (χ3v) is 4.76. The Morgan fingerprint density at radius 1 is 1.10 bits per heavy atom. The summed E-state index contributed by atoms with van der Waals surface area (Å²) in [5, 5.41) is 3.96. The van der Waals surface area contributed by atoms with Crippen molar-refractivity contribution in [1.29, 1.82) is 0 Å². The maximum absolute atomic E-state index is 5.98. The van der Waals surface area contributed by atoms with Crippen molar-refractivity contribution in [3.63, 3.8) is 0 Å². The molecule has 1 aromatic carbocycles. The van der Waals surface area contributed by atoms with Gasteiger partial charge in [0, 0.05) is 21.0 Å². The molecule has 3 aromatic heterocycles. The normalized spacial score (nSPS) is 11.5. The summed E-state index contributed by atoms with van der Waals surface area (Å²) < 4.78 is 1.23. The molecule has 3 nitrogen and oxygen atoms in total. The summed E-state index contributed by atoms with van der Waals surface area (Å²) in [6, 6.07) is 9.98. The van der Waals surface area contributed by atoms with Crippen LogP contribution in [0.25, 0.3) is 32.6 Å². The maximum Gasteiger partial charge on any atom is 0.179 e. The lowest BCUT2D eigenvalue weighted by atomic mass is 10.2. The quantitative estimate of drug-likeness (QED) is 0.493. The average Bonchev–Trinajstić information content (AvgIpc) is 3.02. The summed E-state index contributed by atoms with van der Waals surface area (Å²) in [5.74, 6) is 0.781. The Morgan fingerprint density at radius 2 is 1.95 bits per heavy atom. The number of aromatic nitrogens is 3. The third-order valence-electron chi connectivity index (χ3n) is 3.12. The molecule has 0 radical (unpaired) electrons. The minimum atomic E-state index is 0.271. The van der Waals surface area contributed by atoms with E-state index in [1.165, 1.54) is 10.1 Å². The number of H-pyrrole nitrogens is 1. The van der Waals surface area contributed by atoms with E-state index < -0.39 is 0 Å². The Morgan fingerprint density at radius 3 is 2.85 bits per heavy atom. The number of rotatable bonds is 1. The molecule has 0 saturated heterocycles. The molecule has 0 saturated carbocycles. The Balaban J connectivity index is 1.98. The van der Waals surface area contributed by atoms with Gasteiger partial charge in [-0.1, -0.05) is 41.4 Å². The molecule has 0 bridgehead atoms. The Hall–Kier alpha value is -1.62. The van der Waals surface area contributed by atoms with Crippen LogP contribution in [0.2, 0.25) is 10.2 Å². The second-order valence-electron chi connectivity index (χ2n) is 4.36. The molecule has 0 aliphatic heterocycles. The highest BCUT2D eigenvalue weighted by atomic mass is 35.5. The highest BCUT2D eigenvalue weighted by Crippen LogP contribution is 2.33. The fourth-order valence-electron chi connectivity index (χ4n) is 2.18. The smallest absolute Gasteiger partial charge is 0.179 e. The largest absolute Gasteiger partial charge is 0.336 e. The molecular formula is C14H7Cl2N3S. The Labute approximate surface area is 128 Å². The van der Waals surface area contributed by atoms with Crippen LogP contribution in [0.15, 0.2) is 35.7 Å². The van der Waals surface area contributed by atoms with Crippen LogP contribution in [0.5, 0.6) is 0 Å². The van der Waals surface area contributed by atoms with Crippen molar-refractivity contribution in [3.8, 4) is 11.4 Å². The van der Waals surface area contributed by atoms with E-state index in [2.05, 4.69) is 32.5 Å². The molecule has 0 aliphatic rings. The number of hydrogen-bond donors (Lipinski definition) is 1. The third kappa shape index (κ3) is 1.80. The number of nitrogens with zero attached hydrogens (tertiary/aromatic N) is 2. The molecular weight excluding hydrogens is 313 g/mol.